The predicted molar refractivity (Wildman–Crippen MR) is 124 cm³/mol. The summed E-state index contributed by atoms with van der Waals surface area (Å²) in [5.74, 6) is -1.59. The number of rotatable bonds is 9. The molecule has 13 heteroatoms. The summed E-state index contributed by atoms with van der Waals surface area (Å²) in [6.07, 6.45) is -3.05. The summed E-state index contributed by atoms with van der Waals surface area (Å²) in [5, 5.41) is 61.0. The molecule has 0 aliphatic rings. The Hall–Kier alpha value is 0.110. The van der Waals surface area contributed by atoms with Gasteiger partial charge in [0.05, 0.1) is 53.4 Å². The fraction of sp³-hybridized carbons (Fsp3) is 0.467. The maximum absolute atomic E-state index is 12.8. The molecule has 0 bridgehead atoms. The Labute approximate surface area is 201 Å². The van der Waals surface area contributed by atoms with Gasteiger partial charge in [-0.1, -0.05) is 0 Å². The van der Waals surface area contributed by atoms with Gasteiger partial charge in [0.15, 0.2) is 6.10 Å². The van der Waals surface area contributed by atoms with E-state index < -0.39 is 56.5 Å². The Morgan fingerprint density at radius 3 is 1.96 bits per heavy atom. The highest BCUT2D eigenvalue weighted by molar-refractivity contribution is 14.1. The third-order valence-corrected chi connectivity index (χ3v) is 7.14. The van der Waals surface area contributed by atoms with Crippen molar-refractivity contribution in [1.29, 1.82) is 0 Å². The molecule has 3 unspecified atom stereocenters. The Kier molecular flexibility index (Phi) is 11.3. The number of hydrogen-bond acceptors (Lipinski definition) is 8. The van der Waals surface area contributed by atoms with Crippen molar-refractivity contribution in [2.24, 2.45) is 0 Å². The summed E-state index contributed by atoms with van der Waals surface area (Å²) in [7, 11) is 0. The largest absolute Gasteiger partial charge is 0.394 e. The van der Waals surface area contributed by atoms with Crippen molar-refractivity contribution in [2.75, 3.05) is 25.1 Å². The summed E-state index contributed by atoms with van der Waals surface area (Å²) >= 11 is 5.54. The van der Waals surface area contributed by atoms with Crippen LogP contribution in [-0.4, -0.2) is 80.5 Å². The molecule has 0 spiro atoms. The zero-order chi connectivity index (χ0) is 21.6. The lowest BCUT2D eigenvalue weighted by molar-refractivity contribution is -0.125. The van der Waals surface area contributed by atoms with E-state index in [1.165, 1.54) is 0 Å². The summed E-state index contributed by atoms with van der Waals surface area (Å²) in [6, 6.07) is -1.13. The number of hydrogen-bond donors (Lipinski definition) is 8. The molecule has 3 atom stereocenters. The molecule has 2 amide bonds. The van der Waals surface area contributed by atoms with Gasteiger partial charge in [0.2, 0.25) is 0 Å². The average Bonchev–Trinajstić information content (AvgIpc) is 2.68. The second kappa shape index (κ2) is 12.1. The zero-order valence-electron chi connectivity index (χ0n) is 14.2. The molecule has 1 aromatic rings. The van der Waals surface area contributed by atoms with E-state index in [4.69, 9.17) is 10.2 Å². The molecule has 28 heavy (non-hydrogen) atoms. The Morgan fingerprint density at radius 2 is 1.50 bits per heavy atom. The molecule has 0 fully saturated rings. The second-order valence-corrected chi connectivity index (χ2v) is 8.76. The molecule has 0 aromatic heterocycles. The van der Waals surface area contributed by atoms with E-state index in [1.54, 1.807) is 0 Å². The van der Waals surface area contributed by atoms with Crippen LogP contribution in [0.1, 0.15) is 15.9 Å². The molecular weight excluding hydrogens is 717 g/mol. The molecule has 0 saturated carbocycles. The number of aliphatic hydroxyl groups excluding tert-OH is 6. The summed E-state index contributed by atoms with van der Waals surface area (Å²) in [6.45, 7) is -2.53. The van der Waals surface area contributed by atoms with Crippen LogP contribution in [0.5, 0.6) is 0 Å². The third-order valence-electron chi connectivity index (χ3n) is 3.68. The van der Waals surface area contributed by atoms with E-state index in [0.29, 0.717) is 12.7 Å². The van der Waals surface area contributed by atoms with Crippen molar-refractivity contribution in [2.45, 2.75) is 24.9 Å². The number of halogens is 3. The lowest BCUT2D eigenvalue weighted by Crippen LogP contribution is -2.47. The first-order valence-corrected chi connectivity index (χ1v) is 11.0. The summed E-state index contributed by atoms with van der Waals surface area (Å²) in [5.41, 5.74) is 0.587. The topological polar surface area (TPSA) is 180 Å². The number of carbonyl (C=O) groups is 2. The molecule has 1 rings (SSSR count). The monoisotopic (exact) mass is 736 g/mol. The van der Waals surface area contributed by atoms with Gasteiger partial charge in [0.1, 0.15) is 0 Å². The second-order valence-electron chi connectivity index (χ2n) is 5.53. The van der Waals surface area contributed by atoms with Gasteiger partial charge in [-0.25, -0.2) is 0 Å². The molecule has 8 N–H and O–H groups in total. The Bertz CT molecular complexity index is 734. The van der Waals surface area contributed by atoms with Crippen molar-refractivity contribution in [3.8, 4) is 0 Å². The lowest BCUT2D eigenvalue weighted by atomic mass is 10.1. The Morgan fingerprint density at radius 1 is 0.893 bits per heavy atom. The minimum absolute atomic E-state index is 0.0723. The highest BCUT2D eigenvalue weighted by atomic mass is 127. The predicted octanol–water partition coefficient (Wildman–Crippen LogP) is -1.27. The Balaban J connectivity index is 3.44. The minimum atomic E-state index is -1.67. The fourth-order valence-corrected chi connectivity index (χ4v) is 6.35. The first-order valence-electron chi connectivity index (χ1n) is 7.75. The van der Waals surface area contributed by atoms with Crippen LogP contribution in [0, 0.1) is 10.7 Å². The van der Waals surface area contributed by atoms with Crippen LogP contribution in [0.4, 0.5) is 5.69 Å². The molecule has 1 aromatic carbocycles. The van der Waals surface area contributed by atoms with Crippen LogP contribution in [0.25, 0.3) is 0 Å². The SMILES string of the molecule is O=C(NC(CO)C(O)CO)c1c(I)c(CO)c(I)c(NC(=O)C(O)CO)c1I. The third kappa shape index (κ3) is 6.06. The number of benzene rings is 1. The highest BCUT2D eigenvalue weighted by Crippen LogP contribution is 2.36. The van der Waals surface area contributed by atoms with Crippen LogP contribution in [0.3, 0.4) is 0 Å². The van der Waals surface area contributed by atoms with Crippen molar-refractivity contribution >= 4 is 85.3 Å². The van der Waals surface area contributed by atoms with E-state index in [-0.39, 0.29) is 14.8 Å². The lowest BCUT2D eigenvalue weighted by Gasteiger charge is -2.23. The normalized spacial score (nSPS) is 14.3. The van der Waals surface area contributed by atoms with Crippen molar-refractivity contribution in [3.63, 3.8) is 0 Å². The van der Waals surface area contributed by atoms with Crippen LogP contribution in [0.15, 0.2) is 0 Å². The number of nitrogens with one attached hydrogen (secondary N) is 2. The number of anilines is 1. The molecule has 0 saturated heterocycles. The van der Waals surface area contributed by atoms with Crippen LogP contribution in [-0.2, 0) is 11.4 Å². The molecule has 158 valence electrons. The van der Waals surface area contributed by atoms with E-state index in [2.05, 4.69) is 10.6 Å². The van der Waals surface area contributed by atoms with E-state index in [0.717, 1.165) is 0 Å². The summed E-state index contributed by atoms with van der Waals surface area (Å²) in [4.78, 5) is 24.8. The van der Waals surface area contributed by atoms with Gasteiger partial charge in [-0.2, -0.15) is 0 Å². The minimum Gasteiger partial charge on any atom is -0.394 e. The smallest absolute Gasteiger partial charge is 0.255 e. The van der Waals surface area contributed by atoms with Gasteiger partial charge >= 0.3 is 0 Å². The average molecular weight is 736 g/mol. The quantitative estimate of drug-likeness (QED) is 0.145. The highest BCUT2D eigenvalue weighted by Gasteiger charge is 2.28. The zero-order valence-corrected chi connectivity index (χ0v) is 20.7. The van der Waals surface area contributed by atoms with Crippen LogP contribution in [0.2, 0.25) is 0 Å². The standard InChI is InChI=1S/C15H19I3N2O8/c16-10-5(1-21)11(17)13(20-14(27)8(26)4-24)12(18)9(10)15(28)19-6(2-22)7(25)3-23/h6-8,21-26H,1-4H2,(H,19,28)(H,20,27). The van der Waals surface area contributed by atoms with Crippen molar-refractivity contribution < 1.29 is 40.2 Å². The molecule has 0 aliphatic heterocycles. The van der Waals surface area contributed by atoms with Gasteiger partial charge in [0.25, 0.3) is 11.8 Å². The van der Waals surface area contributed by atoms with Gasteiger partial charge in [-0.15, -0.1) is 0 Å². The van der Waals surface area contributed by atoms with Crippen molar-refractivity contribution in [1.82, 2.24) is 5.32 Å². The van der Waals surface area contributed by atoms with Gasteiger partial charge in [-0.3, -0.25) is 9.59 Å². The number of carbonyl (C=O) groups excluding carboxylic acids is 2. The molecular formula is C15H19I3N2O8. The van der Waals surface area contributed by atoms with Crippen LogP contribution >= 0.6 is 67.8 Å². The van der Waals surface area contributed by atoms with Gasteiger partial charge in [-0.05, 0) is 67.8 Å². The van der Waals surface area contributed by atoms with Gasteiger partial charge in [0, 0.05) is 12.7 Å². The van der Waals surface area contributed by atoms with Crippen molar-refractivity contribution in [3.05, 3.63) is 21.8 Å². The maximum Gasteiger partial charge on any atom is 0.255 e. The maximum atomic E-state index is 12.8. The number of aliphatic hydroxyl groups is 6. The van der Waals surface area contributed by atoms with Crippen LogP contribution < -0.4 is 10.6 Å². The molecule has 10 nitrogen and oxygen atoms in total. The first kappa shape index (κ1) is 26.1. The molecule has 0 radical (unpaired) electrons. The first-order chi connectivity index (χ1) is 13.1. The van der Waals surface area contributed by atoms with Gasteiger partial charge < -0.3 is 41.3 Å². The van der Waals surface area contributed by atoms with E-state index >= 15 is 0 Å². The van der Waals surface area contributed by atoms with E-state index in [1.807, 2.05) is 67.8 Å². The molecule has 0 aliphatic carbocycles. The number of amides is 2. The summed E-state index contributed by atoms with van der Waals surface area (Å²) < 4.78 is 1.12. The molecule has 0 heterocycles. The fourth-order valence-electron chi connectivity index (χ4n) is 2.08. The van der Waals surface area contributed by atoms with E-state index in [9.17, 15) is 30.0 Å².